The van der Waals surface area contributed by atoms with Gasteiger partial charge in [-0.05, 0) is 37.3 Å². The van der Waals surface area contributed by atoms with E-state index < -0.39 is 5.91 Å². The zero-order valence-electron chi connectivity index (χ0n) is 14.3. The zero-order valence-corrected chi connectivity index (χ0v) is 15.8. The van der Waals surface area contributed by atoms with Crippen molar-refractivity contribution < 1.29 is 19.0 Å². The molecule has 6 nitrogen and oxygen atoms in total. The van der Waals surface area contributed by atoms with E-state index in [1.807, 2.05) is 6.92 Å². The van der Waals surface area contributed by atoms with Crippen molar-refractivity contribution in [2.45, 2.75) is 6.92 Å². The van der Waals surface area contributed by atoms with Crippen molar-refractivity contribution in [1.82, 2.24) is 5.43 Å². The molecule has 0 spiro atoms. The van der Waals surface area contributed by atoms with Gasteiger partial charge < -0.3 is 14.2 Å². The third-order valence-electron chi connectivity index (χ3n) is 3.16. The molecule has 0 atom stereocenters. The maximum atomic E-state index is 11.8. The molecule has 0 aromatic heterocycles. The van der Waals surface area contributed by atoms with Crippen LogP contribution in [0.15, 0.2) is 41.5 Å². The van der Waals surface area contributed by atoms with E-state index in [1.54, 1.807) is 37.4 Å². The van der Waals surface area contributed by atoms with E-state index in [1.165, 1.54) is 12.3 Å². The lowest BCUT2D eigenvalue weighted by molar-refractivity contribution is -0.123. The summed E-state index contributed by atoms with van der Waals surface area (Å²) in [4.78, 5) is 11.8. The van der Waals surface area contributed by atoms with E-state index in [9.17, 15) is 4.79 Å². The Balaban J connectivity index is 1.94. The van der Waals surface area contributed by atoms with Crippen LogP contribution in [0, 0.1) is 0 Å². The monoisotopic (exact) mass is 396 g/mol. The summed E-state index contributed by atoms with van der Waals surface area (Å²) in [6, 6.07) is 10.1. The summed E-state index contributed by atoms with van der Waals surface area (Å²) in [5.41, 5.74) is 3.05. The molecule has 1 N–H and O–H groups in total. The Bertz CT molecular complexity index is 797. The summed E-state index contributed by atoms with van der Waals surface area (Å²) < 4.78 is 16.2. The molecule has 0 aliphatic carbocycles. The summed E-state index contributed by atoms with van der Waals surface area (Å²) in [6.45, 7) is 2.10. The van der Waals surface area contributed by atoms with Crippen LogP contribution >= 0.6 is 23.2 Å². The summed E-state index contributed by atoms with van der Waals surface area (Å²) in [5.74, 6) is 1.07. The first-order chi connectivity index (χ1) is 12.5. The van der Waals surface area contributed by atoms with Crippen molar-refractivity contribution in [1.29, 1.82) is 0 Å². The van der Waals surface area contributed by atoms with Crippen molar-refractivity contribution in [3.8, 4) is 17.2 Å². The lowest BCUT2D eigenvalue weighted by atomic mass is 10.2. The van der Waals surface area contributed by atoms with Crippen molar-refractivity contribution >= 4 is 35.3 Å². The van der Waals surface area contributed by atoms with Gasteiger partial charge in [0.15, 0.2) is 18.1 Å². The number of benzene rings is 2. The largest absolute Gasteiger partial charge is 0.493 e. The van der Waals surface area contributed by atoms with Crippen LogP contribution in [0.1, 0.15) is 12.5 Å². The highest BCUT2D eigenvalue weighted by atomic mass is 35.5. The van der Waals surface area contributed by atoms with E-state index in [2.05, 4.69) is 10.5 Å². The standard InChI is InChI=1S/C18H18Cl2N2O4/c1-3-25-18-12(5-4-6-16(18)24-2)10-21-22-17(23)11-26-15-8-7-13(19)9-14(15)20/h4-10H,3,11H2,1-2H3,(H,22,23)/b21-10+. The van der Waals surface area contributed by atoms with Crippen molar-refractivity contribution in [3.05, 3.63) is 52.0 Å². The number of nitrogens with one attached hydrogen (secondary N) is 1. The first-order valence-electron chi connectivity index (χ1n) is 7.74. The molecule has 0 saturated heterocycles. The van der Waals surface area contributed by atoms with Gasteiger partial charge in [0.1, 0.15) is 5.75 Å². The summed E-state index contributed by atoms with van der Waals surface area (Å²) >= 11 is 11.8. The predicted molar refractivity (Wildman–Crippen MR) is 102 cm³/mol. The molecule has 0 radical (unpaired) electrons. The second kappa shape index (κ2) is 9.89. The van der Waals surface area contributed by atoms with E-state index >= 15 is 0 Å². The van der Waals surface area contributed by atoms with Crippen LogP contribution in [0.2, 0.25) is 10.0 Å². The quantitative estimate of drug-likeness (QED) is 0.541. The molecule has 138 valence electrons. The number of hydrazone groups is 1. The van der Waals surface area contributed by atoms with Gasteiger partial charge in [-0.1, -0.05) is 29.3 Å². The first-order valence-corrected chi connectivity index (χ1v) is 8.50. The molecule has 2 aromatic carbocycles. The Morgan fingerprint density at radius 1 is 1.19 bits per heavy atom. The molecule has 0 unspecified atom stereocenters. The molecule has 0 aliphatic heterocycles. The summed E-state index contributed by atoms with van der Waals surface area (Å²) in [5, 5.41) is 4.73. The number of nitrogens with zero attached hydrogens (tertiary/aromatic N) is 1. The van der Waals surface area contributed by atoms with Gasteiger partial charge >= 0.3 is 0 Å². The molecule has 26 heavy (non-hydrogen) atoms. The fourth-order valence-corrected chi connectivity index (χ4v) is 2.50. The van der Waals surface area contributed by atoms with Gasteiger partial charge in [-0.25, -0.2) is 5.43 Å². The Morgan fingerprint density at radius 3 is 2.69 bits per heavy atom. The summed E-state index contributed by atoms with van der Waals surface area (Å²) in [6.07, 6.45) is 1.47. The molecule has 8 heteroatoms. The first kappa shape index (κ1) is 19.9. The maximum Gasteiger partial charge on any atom is 0.277 e. The van der Waals surface area contributed by atoms with Crippen LogP contribution in [-0.2, 0) is 4.79 Å². The Hall–Kier alpha value is -2.44. The van der Waals surface area contributed by atoms with Crippen LogP contribution < -0.4 is 19.6 Å². The Morgan fingerprint density at radius 2 is 2.00 bits per heavy atom. The number of para-hydroxylation sites is 1. The molecular formula is C18H18Cl2N2O4. The molecule has 0 fully saturated rings. The van der Waals surface area contributed by atoms with Gasteiger partial charge in [0.25, 0.3) is 5.91 Å². The Kier molecular flexibility index (Phi) is 7.56. The van der Waals surface area contributed by atoms with Gasteiger partial charge in [-0.2, -0.15) is 5.10 Å². The highest BCUT2D eigenvalue weighted by Gasteiger charge is 2.09. The van der Waals surface area contributed by atoms with Gasteiger partial charge in [-0.15, -0.1) is 0 Å². The zero-order chi connectivity index (χ0) is 18.9. The van der Waals surface area contributed by atoms with Crippen molar-refractivity contribution in [3.63, 3.8) is 0 Å². The van der Waals surface area contributed by atoms with Crippen molar-refractivity contribution in [2.24, 2.45) is 5.10 Å². The molecule has 2 aromatic rings. The average molecular weight is 397 g/mol. The molecule has 2 rings (SSSR count). The van der Waals surface area contributed by atoms with Crippen LogP contribution in [-0.4, -0.2) is 32.4 Å². The van der Waals surface area contributed by atoms with Crippen LogP contribution in [0.25, 0.3) is 0 Å². The smallest absolute Gasteiger partial charge is 0.277 e. The number of hydrogen-bond donors (Lipinski definition) is 1. The molecular weight excluding hydrogens is 379 g/mol. The normalized spacial score (nSPS) is 10.6. The number of halogens is 2. The number of rotatable bonds is 8. The number of amides is 1. The maximum absolute atomic E-state index is 11.8. The number of methoxy groups -OCH3 is 1. The third kappa shape index (κ3) is 5.54. The van der Waals surface area contributed by atoms with E-state index in [4.69, 9.17) is 37.4 Å². The van der Waals surface area contributed by atoms with Crippen LogP contribution in [0.5, 0.6) is 17.2 Å². The van der Waals surface area contributed by atoms with Crippen molar-refractivity contribution in [2.75, 3.05) is 20.3 Å². The number of carbonyl (C=O) groups is 1. The minimum atomic E-state index is -0.437. The average Bonchev–Trinajstić information content (AvgIpc) is 2.62. The van der Waals surface area contributed by atoms with E-state index in [-0.39, 0.29) is 6.61 Å². The topological polar surface area (TPSA) is 69.2 Å². The van der Waals surface area contributed by atoms with E-state index in [0.29, 0.717) is 39.5 Å². The molecule has 0 aliphatic rings. The van der Waals surface area contributed by atoms with E-state index in [0.717, 1.165) is 0 Å². The lowest BCUT2D eigenvalue weighted by Gasteiger charge is -2.11. The fourth-order valence-electron chi connectivity index (χ4n) is 2.04. The molecule has 1 amide bonds. The molecule has 0 heterocycles. The van der Waals surface area contributed by atoms with Gasteiger partial charge in [0.2, 0.25) is 0 Å². The van der Waals surface area contributed by atoms with Crippen LogP contribution in [0.4, 0.5) is 0 Å². The van der Waals surface area contributed by atoms with Gasteiger partial charge in [-0.3, -0.25) is 4.79 Å². The minimum absolute atomic E-state index is 0.241. The SMILES string of the molecule is CCOc1c(/C=N/NC(=O)COc2ccc(Cl)cc2Cl)cccc1OC. The number of ether oxygens (including phenoxy) is 3. The Labute approximate surface area is 161 Å². The third-order valence-corrected chi connectivity index (χ3v) is 3.69. The predicted octanol–water partition coefficient (Wildman–Crippen LogP) is 3.93. The second-order valence-electron chi connectivity index (χ2n) is 4.97. The van der Waals surface area contributed by atoms with Gasteiger partial charge in [0, 0.05) is 10.6 Å². The number of carbonyl (C=O) groups excluding carboxylic acids is 1. The second-order valence-corrected chi connectivity index (χ2v) is 5.81. The summed E-state index contributed by atoms with van der Waals surface area (Å²) in [7, 11) is 1.56. The number of hydrogen-bond acceptors (Lipinski definition) is 5. The molecule has 0 saturated carbocycles. The van der Waals surface area contributed by atoms with Gasteiger partial charge in [0.05, 0.1) is 25.0 Å². The highest BCUT2D eigenvalue weighted by molar-refractivity contribution is 6.35. The highest BCUT2D eigenvalue weighted by Crippen LogP contribution is 2.30. The fraction of sp³-hybridized carbons (Fsp3) is 0.222. The minimum Gasteiger partial charge on any atom is -0.493 e. The lowest BCUT2D eigenvalue weighted by Crippen LogP contribution is -2.24. The van der Waals surface area contributed by atoms with Crippen LogP contribution in [0.3, 0.4) is 0 Å². The molecule has 0 bridgehead atoms.